The van der Waals surface area contributed by atoms with Crippen molar-refractivity contribution in [2.45, 2.75) is 71.0 Å². The molecule has 0 spiro atoms. The van der Waals surface area contributed by atoms with Gasteiger partial charge in [-0.05, 0) is 79.4 Å². The fourth-order valence-corrected chi connectivity index (χ4v) is 8.79. The molecule has 0 aliphatic heterocycles. The summed E-state index contributed by atoms with van der Waals surface area (Å²) < 4.78 is 10.9. The molecule has 1 aromatic heterocycles. The van der Waals surface area contributed by atoms with Gasteiger partial charge >= 0.3 is 11.9 Å². The van der Waals surface area contributed by atoms with Crippen LogP contribution in [0.15, 0.2) is 34.5 Å². The van der Waals surface area contributed by atoms with Crippen LogP contribution in [0, 0.1) is 34.0 Å². The van der Waals surface area contributed by atoms with E-state index in [0.717, 1.165) is 5.57 Å². The van der Waals surface area contributed by atoms with Crippen LogP contribution >= 0.6 is 0 Å². The van der Waals surface area contributed by atoms with Crippen LogP contribution in [-0.2, 0) is 19.1 Å². The van der Waals surface area contributed by atoms with Crippen LogP contribution in [0.3, 0.4) is 0 Å². The average Bonchev–Trinajstić information content (AvgIpc) is 3.41. The second kappa shape index (κ2) is 7.63. The Bertz CT molecular complexity index is 1130. The first-order valence-electron chi connectivity index (χ1n) is 12.3. The van der Waals surface area contributed by atoms with E-state index < -0.39 is 45.8 Å². The lowest BCUT2D eigenvalue weighted by Gasteiger charge is -2.65. The Hall–Kier alpha value is -2.74. The lowest BCUT2D eigenvalue weighted by molar-refractivity contribution is -0.216. The highest BCUT2D eigenvalue weighted by molar-refractivity contribution is 6.02. The molecule has 3 fully saturated rings. The number of furan rings is 1. The molecule has 8 nitrogen and oxygen atoms in total. The fraction of sp³-hybridized carbons (Fsp3) is 0.630. The number of aldehydes is 1. The van der Waals surface area contributed by atoms with Crippen LogP contribution in [0.1, 0.15) is 71.3 Å². The Morgan fingerprint density at radius 3 is 2.60 bits per heavy atom. The quantitative estimate of drug-likeness (QED) is 0.373. The molecule has 0 radical (unpaired) electrons. The van der Waals surface area contributed by atoms with Crippen LogP contribution in [0.2, 0.25) is 0 Å². The van der Waals surface area contributed by atoms with E-state index in [-0.39, 0.29) is 37.6 Å². The van der Waals surface area contributed by atoms with Gasteiger partial charge in [0.05, 0.1) is 18.3 Å². The molecule has 35 heavy (non-hydrogen) atoms. The van der Waals surface area contributed by atoms with Gasteiger partial charge < -0.3 is 24.2 Å². The SMILES string of the molecule is C[C@@]12CCC3=CC(=O)C(C=O)C[C@]3(C)[C@H]1[C@@H](O)C[C@@]1(C)[C@H]2CC[C@]1(OC(=O)c1ccco1)C(=O)O.[HH]. The molecule has 0 bridgehead atoms. The number of allylic oxidation sites excluding steroid dienone is 1. The number of aliphatic carboxylic acids is 1. The molecule has 1 aromatic rings. The maximum Gasteiger partial charge on any atom is 0.375 e. The van der Waals surface area contributed by atoms with Gasteiger partial charge in [0.15, 0.2) is 5.78 Å². The van der Waals surface area contributed by atoms with Gasteiger partial charge in [0.2, 0.25) is 11.4 Å². The highest BCUT2D eigenvalue weighted by Gasteiger charge is 2.74. The molecular weight excluding hydrogens is 452 g/mol. The van der Waals surface area contributed by atoms with Crippen molar-refractivity contribution in [1.29, 1.82) is 0 Å². The highest BCUT2D eigenvalue weighted by Crippen LogP contribution is 2.73. The topological polar surface area (TPSA) is 131 Å². The Morgan fingerprint density at radius 2 is 1.97 bits per heavy atom. The highest BCUT2D eigenvalue weighted by atomic mass is 16.6. The molecular formula is C27H34O8. The van der Waals surface area contributed by atoms with Crippen molar-refractivity contribution in [2.75, 3.05) is 0 Å². The molecule has 5 rings (SSSR count). The van der Waals surface area contributed by atoms with Gasteiger partial charge in [0, 0.05) is 6.84 Å². The predicted molar refractivity (Wildman–Crippen MR) is 124 cm³/mol. The number of hydrogen-bond donors (Lipinski definition) is 2. The number of aliphatic hydroxyl groups is 1. The first kappa shape index (κ1) is 24.0. The summed E-state index contributed by atoms with van der Waals surface area (Å²) >= 11 is 0. The third kappa shape index (κ3) is 3.01. The summed E-state index contributed by atoms with van der Waals surface area (Å²) in [5.41, 5.74) is -2.87. The van der Waals surface area contributed by atoms with Gasteiger partial charge in [-0.3, -0.25) is 4.79 Å². The van der Waals surface area contributed by atoms with Crippen molar-refractivity contribution in [3.63, 3.8) is 0 Å². The Kier molecular flexibility index (Phi) is 5.23. The standard InChI is InChI=1S/C27H32O8.H2/c1-24-8-6-16-11-17(29)15(14-28)12-25(16,2)21(24)18(30)13-26(3)20(24)7-9-27(26,23(32)33)35-22(31)19-5-4-10-34-19;/h4-5,10-11,14-15,18,20-21,30H,6-9,12-13H2,1-3H3,(H,32,33);1H/t15?,18-,20-,21-,24-,25-,26-,27-;/m0./s1. The van der Waals surface area contributed by atoms with Crippen molar-refractivity contribution >= 4 is 24.0 Å². The minimum atomic E-state index is -1.80. The van der Waals surface area contributed by atoms with Crippen LogP contribution in [0.25, 0.3) is 0 Å². The lowest BCUT2D eigenvalue weighted by Crippen LogP contribution is -2.66. The van der Waals surface area contributed by atoms with Crippen LogP contribution in [-0.4, -0.2) is 45.9 Å². The molecule has 0 aromatic carbocycles. The van der Waals surface area contributed by atoms with Crippen LogP contribution in [0.4, 0.5) is 0 Å². The van der Waals surface area contributed by atoms with Gasteiger partial charge in [-0.2, -0.15) is 0 Å². The zero-order valence-corrected chi connectivity index (χ0v) is 20.3. The average molecular weight is 487 g/mol. The molecule has 4 aliphatic rings. The molecule has 8 heteroatoms. The van der Waals surface area contributed by atoms with Crippen molar-refractivity contribution in [3.8, 4) is 0 Å². The van der Waals surface area contributed by atoms with E-state index >= 15 is 0 Å². The first-order chi connectivity index (χ1) is 16.4. The zero-order chi connectivity index (χ0) is 25.4. The van der Waals surface area contributed by atoms with E-state index in [4.69, 9.17) is 9.15 Å². The number of ether oxygens (including phenoxy) is 1. The van der Waals surface area contributed by atoms with Crippen molar-refractivity contribution in [1.82, 2.24) is 0 Å². The normalized spacial score (nSPS) is 44.5. The van der Waals surface area contributed by atoms with Crippen molar-refractivity contribution in [2.24, 2.45) is 34.0 Å². The summed E-state index contributed by atoms with van der Waals surface area (Å²) in [5.74, 6) is -3.43. The summed E-state index contributed by atoms with van der Waals surface area (Å²) in [6.07, 6.45) is 5.21. The Balaban J connectivity index is 0.00000304. The van der Waals surface area contributed by atoms with Gasteiger partial charge in [-0.15, -0.1) is 0 Å². The second-order valence-electron chi connectivity index (χ2n) is 11.7. The van der Waals surface area contributed by atoms with Gasteiger partial charge in [-0.25, -0.2) is 9.59 Å². The maximum absolute atomic E-state index is 12.9. The predicted octanol–water partition coefficient (Wildman–Crippen LogP) is 3.82. The summed E-state index contributed by atoms with van der Waals surface area (Å²) in [7, 11) is 0. The summed E-state index contributed by atoms with van der Waals surface area (Å²) in [4.78, 5) is 49.8. The summed E-state index contributed by atoms with van der Waals surface area (Å²) in [5, 5.41) is 22.1. The second-order valence-corrected chi connectivity index (χ2v) is 11.7. The Morgan fingerprint density at radius 1 is 1.23 bits per heavy atom. The number of carbonyl (C=O) groups is 4. The summed E-state index contributed by atoms with van der Waals surface area (Å²) in [6, 6.07) is 2.97. The fourth-order valence-electron chi connectivity index (χ4n) is 8.79. The van der Waals surface area contributed by atoms with E-state index in [1.54, 1.807) is 6.08 Å². The Labute approximate surface area is 205 Å². The minimum Gasteiger partial charge on any atom is -0.478 e. The van der Waals surface area contributed by atoms with E-state index in [0.29, 0.717) is 32.0 Å². The largest absolute Gasteiger partial charge is 0.478 e. The number of fused-ring (bicyclic) bond motifs is 5. The molecule has 2 N–H and O–H groups in total. The molecule has 3 saturated carbocycles. The maximum atomic E-state index is 12.9. The number of esters is 1. The number of rotatable bonds is 4. The van der Waals surface area contributed by atoms with Crippen molar-refractivity contribution < 1.29 is 40.0 Å². The minimum absolute atomic E-state index is 0. The van der Waals surface area contributed by atoms with Gasteiger partial charge in [0.25, 0.3) is 0 Å². The van der Waals surface area contributed by atoms with Gasteiger partial charge in [0.1, 0.15) is 6.29 Å². The van der Waals surface area contributed by atoms with E-state index in [2.05, 4.69) is 6.92 Å². The molecule has 8 atom stereocenters. The zero-order valence-electron chi connectivity index (χ0n) is 20.3. The van der Waals surface area contributed by atoms with E-state index in [1.165, 1.54) is 18.4 Å². The molecule has 190 valence electrons. The van der Waals surface area contributed by atoms with E-state index in [1.807, 2.05) is 13.8 Å². The smallest absolute Gasteiger partial charge is 0.375 e. The first-order valence-corrected chi connectivity index (χ1v) is 12.3. The van der Waals surface area contributed by atoms with Gasteiger partial charge in [-0.1, -0.05) is 26.3 Å². The number of carboxylic acid groups (broad SMARTS) is 1. The molecule has 1 unspecified atom stereocenters. The van der Waals surface area contributed by atoms with E-state index in [9.17, 15) is 29.4 Å². The number of aliphatic hydroxyl groups excluding tert-OH is 1. The molecule has 0 saturated heterocycles. The van der Waals surface area contributed by atoms with Crippen molar-refractivity contribution in [3.05, 3.63) is 35.8 Å². The molecule has 1 heterocycles. The monoisotopic (exact) mass is 486 g/mol. The lowest BCUT2D eigenvalue weighted by atomic mass is 9.39. The molecule has 4 aliphatic carbocycles. The van der Waals surface area contributed by atoms with Crippen LogP contribution in [0.5, 0.6) is 0 Å². The third-order valence-electron chi connectivity index (χ3n) is 10.2. The molecule has 0 amide bonds. The number of ketones is 1. The number of carbonyl (C=O) groups excluding carboxylic acids is 3. The third-order valence-corrected chi connectivity index (χ3v) is 10.2. The number of carboxylic acids is 1. The summed E-state index contributed by atoms with van der Waals surface area (Å²) in [6.45, 7) is 5.96. The van der Waals surface area contributed by atoms with Crippen LogP contribution < -0.4 is 0 Å². The number of hydrogen-bond acceptors (Lipinski definition) is 7.